The first-order chi connectivity index (χ1) is 5.24. The van der Waals surface area contributed by atoms with Crippen LogP contribution in [0.15, 0.2) is 18.2 Å². The van der Waals surface area contributed by atoms with E-state index in [1.165, 1.54) is 0 Å². The Morgan fingerprint density at radius 3 is 2.82 bits per heavy atom. The Morgan fingerprint density at radius 2 is 2.27 bits per heavy atom. The molecule has 60 valence electrons. The van der Waals surface area contributed by atoms with Crippen LogP contribution in [-0.2, 0) is 6.54 Å². The van der Waals surface area contributed by atoms with Gasteiger partial charge in [0.2, 0.25) is 0 Å². The van der Waals surface area contributed by atoms with E-state index < -0.39 is 0 Å². The molecule has 3 N–H and O–H groups in total. The molecule has 11 heavy (non-hydrogen) atoms. The number of hydrazine groups is 1. The third-order valence-electron chi connectivity index (χ3n) is 1.50. The second-order valence-electron chi connectivity index (χ2n) is 2.48. The predicted molar refractivity (Wildman–Crippen MR) is 47.2 cm³/mol. The molecule has 0 amide bonds. The van der Waals surface area contributed by atoms with Crippen molar-refractivity contribution in [1.82, 2.24) is 5.43 Å². The summed E-state index contributed by atoms with van der Waals surface area (Å²) in [5.41, 5.74) is 4.75. The van der Waals surface area contributed by atoms with E-state index in [1.807, 2.05) is 25.1 Å². The Bertz CT molecular complexity index is 248. The van der Waals surface area contributed by atoms with E-state index in [4.69, 9.17) is 17.4 Å². The molecular formula is C8H11ClN2. The second-order valence-corrected chi connectivity index (χ2v) is 2.88. The summed E-state index contributed by atoms with van der Waals surface area (Å²) < 4.78 is 0. The lowest BCUT2D eigenvalue weighted by Gasteiger charge is -2.03. The van der Waals surface area contributed by atoms with Gasteiger partial charge in [-0.15, -0.1) is 0 Å². The number of hydrogen-bond acceptors (Lipinski definition) is 2. The average Bonchev–Trinajstić information content (AvgIpc) is 1.95. The summed E-state index contributed by atoms with van der Waals surface area (Å²) in [5.74, 6) is 5.16. The van der Waals surface area contributed by atoms with Crippen molar-refractivity contribution in [2.75, 3.05) is 0 Å². The molecule has 0 saturated carbocycles. The van der Waals surface area contributed by atoms with Gasteiger partial charge < -0.3 is 0 Å². The molecule has 0 aliphatic heterocycles. The van der Waals surface area contributed by atoms with Crippen LogP contribution >= 0.6 is 11.6 Å². The van der Waals surface area contributed by atoms with Crippen molar-refractivity contribution in [2.45, 2.75) is 13.5 Å². The Hall–Kier alpha value is -0.570. The molecule has 3 heteroatoms. The van der Waals surface area contributed by atoms with Crippen LogP contribution in [-0.4, -0.2) is 0 Å². The lowest BCUT2D eigenvalue weighted by atomic mass is 10.1. The first-order valence-corrected chi connectivity index (χ1v) is 3.80. The number of rotatable bonds is 2. The highest BCUT2D eigenvalue weighted by Gasteiger charge is 1.97. The van der Waals surface area contributed by atoms with Crippen molar-refractivity contribution in [1.29, 1.82) is 0 Å². The zero-order valence-electron chi connectivity index (χ0n) is 6.39. The fourth-order valence-electron chi connectivity index (χ4n) is 0.906. The molecule has 0 aromatic heterocycles. The summed E-state index contributed by atoms with van der Waals surface area (Å²) in [6.45, 7) is 2.62. The molecule has 0 bridgehead atoms. The average molecular weight is 171 g/mol. The van der Waals surface area contributed by atoms with Gasteiger partial charge in [-0.2, -0.15) is 0 Å². The third kappa shape index (κ3) is 2.19. The molecule has 1 rings (SSSR count). The standard InChI is InChI=1S/C8H11ClN2/c1-6-2-3-7(5-11-10)8(9)4-6/h2-4,11H,5,10H2,1H3. The van der Waals surface area contributed by atoms with Crippen molar-refractivity contribution >= 4 is 11.6 Å². The molecule has 2 nitrogen and oxygen atoms in total. The smallest absolute Gasteiger partial charge is 0.0454 e. The number of aryl methyl sites for hydroxylation is 1. The van der Waals surface area contributed by atoms with E-state index in [0.717, 1.165) is 16.1 Å². The van der Waals surface area contributed by atoms with Crippen molar-refractivity contribution < 1.29 is 0 Å². The van der Waals surface area contributed by atoms with Gasteiger partial charge in [0.05, 0.1) is 0 Å². The molecule has 1 aromatic rings. The van der Waals surface area contributed by atoms with E-state index in [0.29, 0.717) is 6.54 Å². The van der Waals surface area contributed by atoms with Crippen LogP contribution in [0.25, 0.3) is 0 Å². The largest absolute Gasteiger partial charge is 0.271 e. The lowest BCUT2D eigenvalue weighted by molar-refractivity contribution is 0.741. The molecule has 0 unspecified atom stereocenters. The van der Waals surface area contributed by atoms with Gasteiger partial charge >= 0.3 is 0 Å². The fraction of sp³-hybridized carbons (Fsp3) is 0.250. The maximum absolute atomic E-state index is 5.91. The molecule has 1 aromatic carbocycles. The third-order valence-corrected chi connectivity index (χ3v) is 1.85. The minimum absolute atomic E-state index is 0.610. The number of nitrogens with two attached hydrogens (primary N) is 1. The van der Waals surface area contributed by atoms with Crippen LogP contribution in [0.3, 0.4) is 0 Å². The van der Waals surface area contributed by atoms with Crippen molar-refractivity contribution in [3.63, 3.8) is 0 Å². The van der Waals surface area contributed by atoms with E-state index in [-0.39, 0.29) is 0 Å². The highest BCUT2D eigenvalue weighted by molar-refractivity contribution is 6.31. The quantitative estimate of drug-likeness (QED) is 0.523. The van der Waals surface area contributed by atoms with Gasteiger partial charge in [0, 0.05) is 11.6 Å². The number of hydrogen-bond donors (Lipinski definition) is 2. The summed E-state index contributed by atoms with van der Waals surface area (Å²) in [6.07, 6.45) is 0. The first kappa shape index (κ1) is 8.53. The second kappa shape index (κ2) is 3.72. The molecule has 0 aliphatic rings. The molecule has 0 fully saturated rings. The van der Waals surface area contributed by atoms with E-state index in [1.54, 1.807) is 0 Å². The van der Waals surface area contributed by atoms with Crippen LogP contribution in [0.5, 0.6) is 0 Å². The van der Waals surface area contributed by atoms with E-state index in [9.17, 15) is 0 Å². The molecular weight excluding hydrogens is 160 g/mol. The maximum Gasteiger partial charge on any atom is 0.0454 e. The molecule has 0 atom stereocenters. The van der Waals surface area contributed by atoms with Gasteiger partial charge in [0.15, 0.2) is 0 Å². The Kier molecular flexibility index (Phi) is 2.88. The van der Waals surface area contributed by atoms with Gasteiger partial charge in [0.1, 0.15) is 0 Å². The van der Waals surface area contributed by atoms with Crippen LogP contribution in [0.4, 0.5) is 0 Å². The zero-order chi connectivity index (χ0) is 8.27. The van der Waals surface area contributed by atoms with Gasteiger partial charge in [-0.1, -0.05) is 23.7 Å². The molecule has 0 saturated heterocycles. The van der Waals surface area contributed by atoms with E-state index in [2.05, 4.69) is 5.43 Å². The van der Waals surface area contributed by atoms with Crippen LogP contribution in [0.1, 0.15) is 11.1 Å². The maximum atomic E-state index is 5.91. The van der Waals surface area contributed by atoms with Crippen molar-refractivity contribution in [3.8, 4) is 0 Å². The first-order valence-electron chi connectivity index (χ1n) is 3.42. The minimum Gasteiger partial charge on any atom is -0.271 e. The highest BCUT2D eigenvalue weighted by atomic mass is 35.5. The summed E-state index contributed by atoms with van der Waals surface area (Å²) in [7, 11) is 0. The van der Waals surface area contributed by atoms with Crippen LogP contribution in [0, 0.1) is 6.92 Å². The molecule has 0 heterocycles. The Balaban J connectivity index is 2.90. The Labute approximate surface area is 71.3 Å². The van der Waals surface area contributed by atoms with Gasteiger partial charge in [0.25, 0.3) is 0 Å². The van der Waals surface area contributed by atoms with Gasteiger partial charge in [-0.3, -0.25) is 11.3 Å². The monoisotopic (exact) mass is 170 g/mol. The summed E-state index contributed by atoms with van der Waals surface area (Å²) in [5, 5.41) is 0.767. The normalized spacial score (nSPS) is 10.1. The van der Waals surface area contributed by atoms with Crippen molar-refractivity contribution in [2.24, 2.45) is 5.84 Å². The SMILES string of the molecule is Cc1ccc(CNN)c(Cl)c1. The minimum atomic E-state index is 0.610. The fourth-order valence-corrected chi connectivity index (χ4v) is 1.21. The van der Waals surface area contributed by atoms with Gasteiger partial charge in [-0.05, 0) is 24.1 Å². The van der Waals surface area contributed by atoms with Crippen LogP contribution in [0.2, 0.25) is 5.02 Å². The number of halogens is 1. The summed E-state index contributed by atoms with van der Waals surface area (Å²) >= 11 is 5.91. The topological polar surface area (TPSA) is 38.0 Å². The summed E-state index contributed by atoms with van der Waals surface area (Å²) in [6, 6.07) is 5.91. The lowest BCUT2D eigenvalue weighted by Crippen LogP contribution is -2.20. The molecule has 0 radical (unpaired) electrons. The summed E-state index contributed by atoms with van der Waals surface area (Å²) in [4.78, 5) is 0. The molecule has 0 aliphatic carbocycles. The highest BCUT2D eigenvalue weighted by Crippen LogP contribution is 2.16. The van der Waals surface area contributed by atoms with E-state index >= 15 is 0 Å². The van der Waals surface area contributed by atoms with Crippen LogP contribution < -0.4 is 11.3 Å². The van der Waals surface area contributed by atoms with Gasteiger partial charge in [-0.25, -0.2) is 0 Å². The zero-order valence-corrected chi connectivity index (χ0v) is 7.15. The molecule has 0 spiro atoms. The van der Waals surface area contributed by atoms with Crippen molar-refractivity contribution in [3.05, 3.63) is 34.3 Å². The number of nitrogens with one attached hydrogen (secondary N) is 1. The number of benzene rings is 1. The predicted octanol–water partition coefficient (Wildman–Crippen LogP) is 1.61. The Morgan fingerprint density at radius 1 is 1.55 bits per heavy atom.